The topological polar surface area (TPSA) is 84.9 Å². The Morgan fingerprint density at radius 2 is 1.62 bits per heavy atom. The Balaban J connectivity index is 1.84. The van der Waals surface area contributed by atoms with E-state index in [1.54, 1.807) is 79.3 Å². The molecule has 0 atom stereocenters. The molecule has 180 valence electrons. The summed E-state index contributed by atoms with van der Waals surface area (Å²) in [6.45, 7) is 1.99. The summed E-state index contributed by atoms with van der Waals surface area (Å²) in [5, 5.41) is 3.13. The fraction of sp³-hybridized carbons (Fsp3) is 0.208. The number of methoxy groups -OCH3 is 2. The molecule has 3 aromatic rings. The molecule has 3 aromatic carbocycles. The average molecular weight is 521 g/mol. The van der Waals surface area contributed by atoms with E-state index < -0.39 is 15.9 Å². The van der Waals surface area contributed by atoms with Crippen LogP contribution in [0.2, 0.25) is 5.02 Å². The lowest BCUT2D eigenvalue weighted by molar-refractivity contribution is 0.102. The minimum absolute atomic E-state index is 0.206. The molecule has 0 aliphatic rings. The minimum Gasteiger partial charge on any atom is -0.495 e. The van der Waals surface area contributed by atoms with E-state index in [2.05, 4.69) is 5.32 Å². The van der Waals surface area contributed by atoms with E-state index in [0.29, 0.717) is 33.5 Å². The highest BCUT2D eigenvalue weighted by molar-refractivity contribution is 7.98. The van der Waals surface area contributed by atoms with Crippen molar-refractivity contribution in [2.75, 3.05) is 36.6 Å². The third-order valence-corrected chi connectivity index (χ3v) is 8.03. The lowest BCUT2D eigenvalue weighted by Crippen LogP contribution is -2.30. The van der Waals surface area contributed by atoms with Gasteiger partial charge in [0.1, 0.15) is 11.5 Å². The first-order valence-corrected chi connectivity index (χ1v) is 13.3. The van der Waals surface area contributed by atoms with E-state index >= 15 is 0 Å². The van der Waals surface area contributed by atoms with Crippen LogP contribution in [0.15, 0.2) is 70.5 Å². The predicted molar refractivity (Wildman–Crippen MR) is 137 cm³/mol. The number of sulfonamides is 1. The number of ether oxygens (including phenoxy) is 2. The molecule has 7 nitrogen and oxygen atoms in total. The van der Waals surface area contributed by atoms with Gasteiger partial charge in [-0.05, 0) is 61.7 Å². The van der Waals surface area contributed by atoms with Gasteiger partial charge in [-0.2, -0.15) is 0 Å². The molecule has 0 saturated carbocycles. The number of carbonyl (C=O) groups excluding carboxylic acids is 1. The third kappa shape index (κ3) is 5.43. The molecule has 0 fully saturated rings. The Bertz CT molecular complexity index is 1260. The van der Waals surface area contributed by atoms with Crippen LogP contribution in [0.5, 0.6) is 11.5 Å². The quantitative estimate of drug-likeness (QED) is 0.372. The van der Waals surface area contributed by atoms with Gasteiger partial charge in [-0.15, -0.1) is 11.8 Å². The Morgan fingerprint density at radius 1 is 1.00 bits per heavy atom. The van der Waals surface area contributed by atoms with Crippen molar-refractivity contribution in [3.63, 3.8) is 0 Å². The zero-order chi connectivity index (χ0) is 24.9. The van der Waals surface area contributed by atoms with Crippen molar-refractivity contribution in [2.24, 2.45) is 0 Å². The third-order valence-electron chi connectivity index (χ3n) is 5.07. The van der Waals surface area contributed by atoms with Crippen LogP contribution in [-0.4, -0.2) is 41.3 Å². The van der Waals surface area contributed by atoms with E-state index in [9.17, 15) is 13.2 Å². The second-order valence-electron chi connectivity index (χ2n) is 7.03. The van der Waals surface area contributed by atoms with Crippen molar-refractivity contribution >= 4 is 50.7 Å². The van der Waals surface area contributed by atoms with Crippen LogP contribution in [0, 0.1) is 0 Å². The van der Waals surface area contributed by atoms with Gasteiger partial charge >= 0.3 is 0 Å². The van der Waals surface area contributed by atoms with Crippen molar-refractivity contribution in [3.05, 3.63) is 71.2 Å². The molecule has 0 aliphatic carbocycles. The van der Waals surface area contributed by atoms with Gasteiger partial charge < -0.3 is 14.8 Å². The van der Waals surface area contributed by atoms with Crippen molar-refractivity contribution in [2.45, 2.75) is 16.7 Å². The molecule has 3 rings (SSSR count). The van der Waals surface area contributed by atoms with Gasteiger partial charge in [0.05, 0.1) is 35.5 Å². The highest BCUT2D eigenvalue weighted by Gasteiger charge is 2.24. The van der Waals surface area contributed by atoms with Crippen molar-refractivity contribution in [3.8, 4) is 11.5 Å². The molecule has 1 amide bonds. The van der Waals surface area contributed by atoms with E-state index in [4.69, 9.17) is 21.1 Å². The number of halogens is 1. The molecular weight excluding hydrogens is 496 g/mol. The second kappa shape index (κ2) is 11.0. The normalized spacial score (nSPS) is 11.1. The number of carbonyl (C=O) groups is 1. The van der Waals surface area contributed by atoms with Crippen LogP contribution in [0.1, 0.15) is 17.3 Å². The molecule has 0 spiro atoms. The van der Waals surface area contributed by atoms with Gasteiger partial charge in [0.25, 0.3) is 15.9 Å². The van der Waals surface area contributed by atoms with Gasteiger partial charge in [-0.1, -0.05) is 11.6 Å². The number of nitrogens with one attached hydrogen (secondary N) is 1. The first-order valence-electron chi connectivity index (χ1n) is 10.2. The Kier molecular flexibility index (Phi) is 8.35. The maximum Gasteiger partial charge on any atom is 0.264 e. The van der Waals surface area contributed by atoms with Crippen LogP contribution in [0.25, 0.3) is 0 Å². The monoisotopic (exact) mass is 520 g/mol. The maximum atomic E-state index is 13.2. The summed E-state index contributed by atoms with van der Waals surface area (Å²) in [5.74, 6) is 0.377. The molecular formula is C24H25ClN2O5S2. The standard InChI is InChI=1S/C24H25ClN2O5S2/c1-5-27(34(29,30)19-12-10-18(33-4)11-13-19)17-8-6-16(7-9-17)24(28)26-21-15-22(31-2)20(25)14-23(21)32-3/h6-15H,5H2,1-4H3,(H,26,28). The van der Waals surface area contributed by atoms with E-state index in [1.165, 1.54) is 18.5 Å². The molecule has 0 aliphatic heterocycles. The largest absolute Gasteiger partial charge is 0.495 e. The summed E-state index contributed by atoms with van der Waals surface area (Å²) in [5.41, 5.74) is 1.19. The Morgan fingerprint density at radius 3 is 2.15 bits per heavy atom. The van der Waals surface area contributed by atoms with Crippen LogP contribution in [0.4, 0.5) is 11.4 Å². The molecule has 10 heteroatoms. The molecule has 0 unspecified atom stereocenters. The highest BCUT2D eigenvalue weighted by atomic mass is 35.5. The molecule has 0 bridgehead atoms. The van der Waals surface area contributed by atoms with Crippen molar-refractivity contribution in [1.29, 1.82) is 0 Å². The van der Waals surface area contributed by atoms with Crippen LogP contribution in [-0.2, 0) is 10.0 Å². The fourth-order valence-electron chi connectivity index (χ4n) is 3.30. The highest BCUT2D eigenvalue weighted by Crippen LogP contribution is 2.36. The average Bonchev–Trinajstić information content (AvgIpc) is 2.85. The van der Waals surface area contributed by atoms with Crippen molar-refractivity contribution < 1.29 is 22.7 Å². The number of hydrogen-bond acceptors (Lipinski definition) is 6. The van der Waals surface area contributed by atoms with Gasteiger partial charge in [0.2, 0.25) is 0 Å². The zero-order valence-corrected chi connectivity index (χ0v) is 21.6. The summed E-state index contributed by atoms with van der Waals surface area (Å²) in [7, 11) is -0.807. The predicted octanol–water partition coefficient (Wildman–Crippen LogP) is 5.55. The second-order valence-corrected chi connectivity index (χ2v) is 10.2. The van der Waals surface area contributed by atoms with Gasteiger partial charge in [0, 0.05) is 29.1 Å². The molecule has 34 heavy (non-hydrogen) atoms. The zero-order valence-electron chi connectivity index (χ0n) is 19.2. The summed E-state index contributed by atoms with van der Waals surface area (Å²) in [6, 6.07) is 16.2. The van der Waals surface area contributed by atoms with E-state index in [0.717, 1.165) is 4.90 Å². The van der Waals surface area contributed by atoms with Crippen LogP contribution in [0.3, 0.4) is 0 Å². The Hall–Kier alpha value is -2.88. The molecule has 0 radical (unpaired) electrons. The molecule has 0 saturated heterocycles. The molecule has 1 N–H and O–H groups in total. The first-order chi connectivity index (χ1) is 16.2. The van der Waals surface area contributed by atoms with Gasteiger partial charge in [-0.25, -0.2) is 8.42 Å². The summed E-state index contributed by atoms with van der Waals surface area (Å²) in [6.07, 6.45) is 1.93. The smallest absolute Gasteiger partial charge is 0.264 e. The Labute approximate surface area is 209 Å². The number of hydrogen-bond donors (Lipinski definition) is 1. The van der Waals surface area contributed by atoms with Gasteiger partial charge in [-0.3, -0.25) is 9.10 Å². The van der Waals surface area contributed by atoms with Crippen LogP contribution >= 0.6 is 23.4 Å². The summed E-state index contributed by atoms with van der Waals surface area (Å²) < 4.78 is 38.2. The lowest BCUT2D eigenvalue weighted by Gasteiger charge is -2.23. The minimum atomic E-state index is -3.75. The van der Waals surface area contributed by atoms with E-state index in [1.807, 2.05) is 6.26 Å². The summed E-state index contributed by atoms with van der Waals surface area (Å²) >= 11 is 7.66. The number of thioether (sulfide) groups is 1. The number of rotatable bonds is 9. The fourth-order valence-corrected chi connectivity index (χ4v) is 5.41. The number of anilines is 2. The molecule has 0 aromatic heterocycles. The number of amides is 1. The van der Waals surface area contributed by atoms with Gasteiger partial charge in [0.15, 0.2) is 0 Å². The number of benzene rings is 3. The number of nitrogens with zero attached hydrogens (tertiary/aromatic N) is 1. The maximum absolute atomic E-state index is 13.2. The van der Waals surface area contributed by atoms with Crippen molar-refractivity contribution in [1.82, 2.24) is 0 Å². The van der Waals surface area contributed by atoms with E-state index in [-0.39, 0.29) is 11.4 Å². The SMILES string of the molecule is CCN(c1ccc(C(=O)Nc2cc(OC)c(Cl)cc2OC)cc1)S(=O)(=O)c1ccc(SC)cc1. The molecule has 0 heterocycles. The summed E-state index contributed by atoms with van der Waals surface area (Å²) in [4.78, 5) is 14.0. The first kappa shape index (κ1) is 25.7. The lowest BCUT2D eigenvalue weighted by atomic mass is 10.2. The van der Waals surface area contributed by atoms with Crippen LogP contribution < -0.4 is 19.1 Å².